The molecule has 424 valence electrons. The van der Waals surface area contributed by atoms with Gasteiger partial charge in [0.1, 0.15) is 13.2 Å². The van der Waals surface area contributed by atoms with Crippen LogP contribution in [0.25, 0.3) is 0 Å². The molecule has 0 fully saturated rings. The van der Waals surface area contributed by atoms with E-state index in [1.54, 1.807) is 0 Å². The van der Waals surface area contributed by atoms with E-state index in [9.17, 15) is 14.4 Å². The Morgan fingerprint density at radius 1 is 0.276 bits per heavy atom. The molecule has 0 aliphatic heterocycles. The summed E-state index contributed by atoms with van der Waals surface area (Å²) in [4.78, 5) is 38.2. The van der Waals surface area contributed by atoms with Crippen LogP contribution in [0, 0.1) is 0 Å². The van der Waals surface area contributed by atoms with E-state index in [-0.39, 0.29) is 37.5 Å². The van der Waals surface area contributed by atoms with Crippen LogP contribution in [-0.4, -0.2) is 37.2 Å². The molecule has 0 rings (SSSR count). The minimum Gasteiger partial charge on any atom is -0.462 e. The molecule has 0 aromatic carbocycles. The molecule has 1 atom stereocenters. The molecule has 0 aromatic heterocycles. The van der Waals surface area contributed by atoms with Gasteiger partial charge in [0.2, 0.25) is 0 Å². The van der Waals surface area contributed by atoms with Crippen molar-refractivity contribution in [2.45, 2.75) is 239 Å². The first-order valence-electron chi connectivity index (χ1n) is 30.1. The Morgan fingerprint density at radius 2 is 0.526 bits per heavy atom. The van der Waals surface area contributed by atoms with Gasteiger partial charge in [-0.25, -0.2) is 0 Å². The fourth-order valence-corrected chi connectivity index (χ4v) is 7.49. The smallest absolute Gasteiger partial charge is 0.306 e. The monoisotopic (exact) mass is 1040 g/mol. The van der Waals surface area contributed by atoms with Gasteiger partial charge in [0.05, 0.1) is 0 Å². The van der Waals surface area contributed by atoms with Crippen molar-refractivity contribution in [1.82, 2.24) is 0 Å². The second kappa shape index (κ2) is 62.3. The molecule has 0 bridgehead atoms. The Kier molecular flexibility index (Phi) is 58.0. The van der Waals surface area contributed by atoms with Gasteiger partial charge in [0.25, 0.3) is 0 Å². The number of hydrogen-bond acceptors (Lipinski definition) is 6. The highest BCUT2D eigenvalue weighted by Crippen LogP contribution is 2.12. The lowest BCUT2D eigenvalue weighted by Crippen LogP contribution is -2.30. The zero-order valence-electron chi connectivity index (χ0n) is 48.4. The first-order chi connectivity index (χ1) is 37.5. The lowest BCUT2D eigenvalue weighted by Gasteiger charge is -2.18. The summed E-state index contributed by atoms with van der Waals surface area (Å²) in [6.07, 6.45) is 92.1. The van der Waals surface area contributed by atoms with Crippen LogP contribution >= 0.6 is 0 Å². The van der Waals surface area contributed by atoms with E-state index in [4.69, 9.17) is 14.2 Å². The molecule has 6 nitrogen and oxygen atoms in total. The SMILES string of the molecule is CC/C=C\C/C=C\C/C=C\C/C=C\C/C=C\C/C=C\C/C=C\C/C=C\CCCCCCC(=O)OCC(COC(=O)CCCCCCC/C=C\CCCCC)OC(=O)CCC/C=C\C/C=C\C/C=C\C/C=C\C/C=C\CC. The van der Waals surface area contributed by atoms with Gasteiger partial charge in [0, 0.05) is 19.3 Å². The van der Waals surface area contributed by atoms with Crippen LogP contribution in [0.15, 0.2) is 170 Å². The number of unbranched alkanes of at least 4 members (excludes halogenated alkanes) is 13. The highest BCUT2D eigenvalue weighted by molar-refractivity contribution is 5.71. The largest absolute Gasteiger partial charge is 0.462 e. The molecule has 0 aromatic rings. The maximum absolute atomic E-state index is 12.8. The first-order valence-corrected chi connectivity index (χ1v) is 30.1. The number of ether oxygens (including phenoxy) is 3. The van der Waals surface area contributed by atoms with Crippen LogP contribution < -0.4 is 0 Å². The molecular weight excluding hydrogens is 937 g/mol. The van der Waals surface area contributed by atoms with Gasteiger partial charge in [-0.15, -0.1) is 0 Å². The zero-order chi connectivity index (χ0) is 55.0. The van der Waals surface area contributed by atoms with Crippen molar-refractivity contribution < 1.29 is 28.6 Å². The summed E-state index contributed by atoms with van der Waals surface area (Å²) in [5.74, 6) is -1.02. The molecule has 76 heavy (non-hydrogen) atoms. The van der Waals surface area contributed by atoms with Gasteiger partial charge >= 0.3 is 17.9 Å². The Bertz CT molecular complexity index is 1770. The summed E-state index contributed by atoms with van der Waals surface area (Å²) in [5.41, 5.74) is 0. The van der Waals surface area contributed by atoms with Crippen LogP contribution in [0.1, 0.15) is 233 Å². The van der Waals surface area contributed by atoms with Crippen LogP contribution in [0.3, 0.4) is 0 Å². The molecule has 0 spiro atoms. The molecule has 1 unspecified atom stereocenters. The van der Waals surface area contributed by atoms with E-state index in [0.29, 0.717) is 19.3 Å². The molecule has 0 radical (unpaired) electrons. The maximum atomic E-state index is 12.8. The van der Waals surface area contributed by atoms with Crippen molar-refractivity contribution in [3.05, 3.63) is 170 Å². The summed E-state index contributed by atoms with van der Waals surface area (Å²) in [6, 6.07) is 0. The van der Waals surface area contributed by atoms with Gasteiger partial charge in [-0.1, -0.05) is 236 Å². The predicted octanol–water partition coefficient (Wildman–Crippen LogP) is 20.7. The van der Waals surface area contributed by atoms with Gasteiger partial charge in [-0.3, -0.25) is 14.4 Å². The maximum Gasteiger partial charge on any atom is 0.306 e. The Labute approximate surface area is 466 Å². The summed E-state index contributed by atoms with van der Waals surface area (Å²) >= 11 is 0. The van der Waals surface area contributed by atoms with Gasteiger partial charge in [0.15, 0.2) is 6.10 Å². The fraction of sp³-hybridized carbons (Fsp3) is 0.557. The average Bonchev–Trinajstić information content (AvgIpc) is 3.42. The number of carbonyl (C=O) groups excluding carboxylic acids is 3. The predicted molar refractivity (Wildman–Crippen MR) is 329 cm³/mol. The van der Waals surface area contributed by atoms with E-state index in [1.807, 2.05) is 0 Å². The van der Waals surface area contributed by atoms with E-state index in [0.717, 1.165) is 154 Å². The Hall–Kier alpha value is -5.23. The molecular formula is C70H108O6. The van der Waals surface area contributed by atoms with Gasteiger partial charge in [-0.05, 0) is 148 Å². The van der Waals surface area contributed by atoms with E-state index in [2.05, 4.69) is 191 Å². The third kappa shape index (κ3) is 59.6. The highest BCUT2D eigenvalue weighted by atomic mass is 16.6. The molecule has 0 saturated heterocycles. The Morgan fingerprint density at radius 3 is 0.855 bits per heavy atom. The van der Waals surface area contributed by atoms with Gasteiger partial charge < -0.3 is 14.2 Å². The highest BCUT2D eigenvalue weighted by Gasteiger charge is 2.19. The number of carbonyl (C=O) groups is 3. The molecule has 0 aliphatic carbocycles. The molecule has 6 heteroatoms. The third-order valence-electron chi connectivity index (χ3n) is 11.9. The summed E-state index contributed by atoms with van der Waals surface area (Å²) in [5, 5.41) is 0. The van der Waals surface area contributed by atoms with Gasteiger partial charge in [-0.2, -0.15) is 0 Å². The summed E-state index contributed by atoms with van der Waals surface area (Å²) < 4.78 is 16.8. The summed E-state index contributed by atoms with van der Waals surface area (Å²) in [7, 11) is 0. The molecule has 0 saturated carbocycles. The summed E-state index contributed by atoms with van der Waals surface area (Å²) in [6.45, 7) is 6.29. The van der Waals surface area contributed by atoms with Crippen molar-refractivity contribution >= 4 is 17.9 Å². The normalized spacial score (nSPS) is 13.4. The minimum absolute atomic E-state index is 0.121. The topological polar surface area (TPSA) is 78.9 Å². The number of allylic oxidation sites excluding steroid dienone is 28. The minimum atomic E-state index is -0.831. The van der Waals surface area contributed by atoms with Crippen LogP contribution in [0.5, 0.6) is 0 Å². The van der Waals surface area contributed by atoms with Crippen LogP contribution in [0.2, 0.25) is 0 Å². The van der Waals surface area contributed by atoms with E-state index >= 15 is 0 Å². The van der Waals surface area contributed by atoms with Crippen LogP contribution in [0.4, 0.5) is 0 Å². The molecule has 0 N–H and O–H groups in total. The van der Waals surface area contributed by atoms with Crippen molar-refractivity contribution in [2.75, 3.05) is 13.2 Å². The molecule has 0 aliphatic rings. The van der Waals surface area contributed by atoms with Crippen molar-refractivity contribution in [3.63, 3.8) is 0 Å². The van der Waals surface area contributed by atoms with Crippen molar-refractivity contribution in [1.29, 1.82) is 0 Å². The van der Waals surface area contributed by atoms with Crippen molar-refractivity contribution in [3.8, 4) is 0 Å². The Balaban J connectivity index is 4.46. The van der Waals surface area contributed by atoms with Crippen molar-refractivity contribution in [2.24, 2.45) is 0 Å². The molecule has 0 heterocycles. The zero-order valence-corrected chi connectivity index (χ0v) is 48.4. The number of hydrogen-bond donors (Lipinski definition) is 0. The first kappa shape index (κ1) is 70.8. The fourth-order valence-electron chi connectivity index (χ4n) is 7.49. The second-order valence-corrected chi connectivity index (χ2v) is 19.1. The number of rotatable bonds is 52. The molecule has 0 amide bonds. The van der Waals surface area contributed by atoms with E-state index in [1.165, 1.54) is 32.1 Å². The second-order valence-electron chi connectivity index (χ2n) is 19.1. The van der Waals surface area contributed by atoms with E-state index < -0.39 is 6.10 Å². The lowest BCUT2D eigenvalue weighted by atomic mass is 10.1. The average molecular weight is 1050 g/mol. The third-order valence-corrected chi connectivity index (χ3v) is 11.9. The van der Waals surface area contributed by atoms with Crippen LogP contribution in [-0.2, 0) is 28.6 Å². The standard InChI is InChI=1S/C70H108O6/c1-4-7-10-13-16-19-22-25-27-29-30-31-32-33-34-35-36-37-38-39-40-42-43-45-48-51-54-57-60-63-69(72)75-66-67(65-74-68(71)62-59-56-53-50-47-24-21-18-15-12-9-6-3)76-70(73)64-61-58-55-52-49-46-44-41-28-26-23-20-17-14-11-8-5-2/h7-8,10-11,16-21,25-28,30-31,33-34,36-37,39-40,43-46,52,55,67H,4-6,9,12-15,22-24,29,32,35,38,41-42,47-51,53-54,56-66H2,1-3H3/b10-7-,11-8-,19-16-,20-17-,21-18-,27-25-,28-26-,31-30-,34-33-,37-36-,40-39-,45-43-,46-44-,55-52-. The lowest BCUT2D eigenvalue weighted by molar-refractivity contribution is -0.167. The number of esters is 3. The quantitative estimate of drug-likeness (QED) is 0.0261.